The predicted molar refractivity (Wildman–Crippen MR) is 66.7 cm³/mol. The highest BCUT2D eigenvalue weighted by Crippen LogP contribution is 1.97. The van der Waals surface area contributed by atoms with Gasteiger partial charge in [0, 0.05) is 26.4 Å². The summed E-state index contributed by atoms with van der Waals surface area (Å²) in [5, 5.41) is 0. The molecule has 0 unspecified atom stereocenters. The molecule has 0 heterocycles. The Labute approximate surface area is 105 Å². The number of ether oxygens (including phenoxy) is 4. The van der Waals surface area contributed by atoms with E-state index in [0.29, 0.717) is 26.7 Å². The number of nitrogens with two attached hydrogens (primary N) is 1. The van der Waals surface area contributed by atoms with Gasteiger partial charge in [-0.15, -0.1) is 0 Å². The molecule has 0 saturated heterocycles. The van der Waals surface area contributed by atoms with E-state index in [1.54, 1.807) is 0 Å². The zero-order valence-electron chi connectivity index (χ0n) is 11.0. The van der Waals surface area contributed by atoms with Crippen molar-refractivity contribution < 1.29 is 18.9 Å². The second-order valence-corrected chi connectivity index (χ2v) is 3.72. The molecule has 0 amide bonds. The van der Waals surface area contributed by atoms with Gasteiger partial charge in [-0.3, -0.25) is 0 Å². The third-order valence-electron chi connectivity index (χ3n) is 2.02. The van der Waals surface area contributed by atoms with Gasteiger partial charge in [-0.25, -0.2) is 0 Å². The largest absolute Gasteiger partial charge is 0.355 e. The van der Waals surface area contributed by atoms with E-state index < -0.39 is 0 Å². The van der Waals surface area contributed by atoms with Gasteiger partial charge < -0.3 is 24.7 Å². The van der Waals surface area contributed by atoms with Crippen LogP contribution < -0.4 is 5.73 Å². The smallest absolute Gasteiger partial charge is 0.146 e. The Morgan fingerprint density at radius 3 is 1.76 bits per heavy atom. The quantitative estimate of drug-likeness (QED) is 0.373. The maximum atomic E-state index is 5.29. The molecule has 0 aliphatic carbocycles. The normalized spacial score (nSPS) is 10.9. The van der Waals surface area contributed by atoms with Crippen molar-refractivity contribution in [2.45, 2.75) is 32.6 Å². The van der Waals surface area contributed by atoms with Gasteiger partial charge in [-0.05, 0) is 25.7 Å². The molecule has 0 aromatic carbocycles. The van der Waals surface area contributed by atoms with Gasteiger partial charge in [0.05, 0.1) is 6.61 Å². The number of hydrogen-bond donors (Lipinski definition) is 1. The fourth-order valence-corrected chi connectivity index (χ4v) is 1.17. The van der Waals surface area contributed by atoms with E-state index in [4.69, 9.17) is 24.7 Å². The molecule has 5 heteroatoms. The zero-order chi connectivity index (χ0) is 12.6. The Morgan fingerprint density at radius 2 is 1.24 bits per heavy atom. The first-order valence-electron chi connectivity index (χ1n) is 6.42. The molecule has 0 aliphatic rings. The summed E-state index contributed by atoms with van der Waals surface area (Å²) in [7, 11) is 0. The van der Waals surface area contributed by atoms with Crippen molar-refractivity contribution in [1.29, 1.82) is 0 Å². The van der Waals surface area contributed by atoms with Crippen molar-refractivity contribution in [2.24, 2.45) is 5.73 Å². The Hall–Kier alpha value is -0.200. The lowest BCUT2D eigenvalue weighted by Gasteiger charge is -2.06. The molecule has 5 nitrogen and oxygen atoms in total. The van der Waals surface area contributed by atoms with Crippen LogP contribution in [-0.4, -0.2) is 46.6 Å². The van der Waals surface area contributed by atoms with Crippen LogP contribution >= 0.6 is 0 Å². The zero-order valence-corrected chi connectivity index (χ0v) is 11.0. The summed E-state index contributed by atoms with van der Waals surface area (Å²) in [4.78, 5) is 0. The highest BCUT2D eigenvalue weighted by Gasteiger charge is 1.92. The Balaban J connectivity index is 2.85. The van der Waals surface area contributed by atoms with Gasteiger partial charge in [0.25, 0.3) is 0 Å². The Bertz CT molecular complexity index is 122. The molecule has 0 aromatic rings. The molecular formula is C12H27NO4. The highest BCUT2D eigenvalue weighted by molar-refractivity contribution is 4.39. The Kier molecular flexibility index (Phi) is 15.6. The SMILES string of the molecule is CCCOCOCCCCCOCOCCN. The summed E-state index contributed by atoms with van der Waals surface area (Å²) in [6.07, 6.45) is 4.21. The molecule has 0 spiro atoms. The van der Waals surface area contributed by atoms with Crippen LogP contribution in [0.3, 0.4) is 0 Å². The van der Waals surface area contributed by atoms with Crippen LogP contribution in [0.2, 0.25) is 0 Å². The van der Waals surface area contributed by atoms with Crippen LogP contribution in [0.1, 0.15) is 32.6 Å². The molecule has 0 fully saturated rings. The standard InChI is InChI=1S/C12H27NO4/c1-2-7-14-11-15-8-4-3-5-9-16-12-17-10-6-13/h2-13H2,1H3. The number of unbranched alkanes of at least 4 members (excludes halogenated alkanes) is 2. The highest BCUT2D eigenvalue weighted by atomic mass is 16.7. The van der Waals surface area contributed by atoms with Crippen molar-refractivity contribution in [3.8, 4) is 0 Å². The lowest BCUT2D eigenvalue weighted by Crippen LogP contribution is -2.11. The van der Waals surface area contributed by atoms with Crippen LogP contribution in [0.15, 0.2) is 0 Å². The van der Waals surface area contributed by atoms with Crippen LogP contribution in [0.25, 0.3) is 0 Å². The van der Waals surface area contributed by atoms with Gasteiger partial charge in [-0.1, -0.05) is 6.92 Å². The lowest BCUT2D eigenvalue weighted by atomic mass is 10.2. The first-order valence-corrected chi connectivity index (χ1v) is 6.42. The molecule has 0 atom stereocenters. The molecule has 104 valence electrons. The fraction of sp³-hybridized carbons (Fsp3) is 1.00. The third-order valence-corrected chi connectivity index (χ3v) is 2.02. The third kappa shape index (κ3) is 15.8. The van der Waals surface area contributed by atoms with Crippen LogP contribution in [-0.2, 0) is 18.9 Å². The first-order chi connectivity index (χ1) is 8.41. The van der Waals surface area contributed by atoms with Crippen molar-refractivity contribution in [2.75, 3.05) is 46.6 Å². The first kappa shape index (κ1) is 16.8. The van der Waals surface area contributed by atoms with E-state index in [0.717, 1.165) is 45.5 Å². The van der Waals surface area contributed by atoms with E-state index in [9.17, 15) is 0 Å². The molecule has 0 radical (unpaired) electrons. The van der Waals surface area contributed by atoms with E-state index >= 15 is 0 Å². The van der Waals surface area contributed by atoms with Crippen LogP contribution in [0.4, 0.5) is 0 Å². The average molecular weight is 249 g/mol. The van der Waals surface area contributed by atoms with E-state index in [1.807, 2.05) is 0 Å². The van der Waals surface area contributed by atoms with Gasteiger partial charge in [0.15, 0.2) is 0 Å². The van der Waals surface area contributed by atoms with Crippen molar-refractivity contribution in [3.05, 3.63) is 0 Å². The number of rotatable bonds is 14. The Morgan fingerprint density at radius 1 is 0.706 bits per heavy atom. The van der Waals surface area contributed by atoms with E-state index in [-0.39, 0.29) is 0 Å². The minimum absolute atomic E-state index is 0.346. The molecule has 0 bridgehead atoms. The molecule has 0 rings (SSSR count). The van der Waals surface area contributed by atoms with Crippen molar-refractivity contribution >= 4 is 0 Å². The van der Waals surface area contributed by atoms with E-state index in [2.05, 4.69) is 6.92 Å². The minimum atomic E-state index is 0.346. The summed E-state index contributed by atoms with van der Waals surface area (Å²) in [5.74, 6) is 0. The molecule has 0 saturated carbocycles. The second kappa shape index (κ2) is 15.8. The van der Waals surface area contributed by atoms with E-state index in [1.165, 1.54) is 0 Å². The van der Waals surface area contributed by atoms with Crippen LogP contribution in [0, 0.1) is 0 Å². The number of hydrogen-bond acceptors (Lipinski definition) is 5. The molecular weight excluding hydrogens is 222 g/mol. The van der Waals surface area contributed by atoms with Crippen molar-refractivity contribution in [1.82, 2.24) is 0 Å². The van der Waals surface area contributed by atoms with Crippen LogP contribution in [0.5, 0.6) is 0 Å². The topological polar surface area (TPSA) is 62.9 Å². The van der Waals surface area contributed by atoms with Gasteiger partial charge >= 0.3 is 0 Å². The molecule has 2 N–H and O–H groups in total. The maximum absolute atomic E-state index is 5.29. The summed E-state index contributed by atoms with van der Waals surface area (Å²) in [5.41, 5.74) is 5.26. The van der Waals surface area contributed by atoms with Gasteiger partial charge in [0.2, 0.25) is 0 Å². The summed E-state index contributed by atoms with van der Waals surface area (Å²) in [6, 6.07) is 0. The minimum Gasteiger partial charge on any atom is -0.355 e. The average Bonchev–Trinajstić information content (AvgIpc) is 2.35. The van der Waals surface area contributed by atoms with Crippen molar-refractivity contribution in [3.63, 3.8) is 0 Å². The summed E-state index contributed by atoms with van der Waals surface area (Å²) in [6.45, 7) is 6.21. The maximum Gasteiger partial charge on any atom is 0.146 e. The van der Waals surface area contributed by atoms with Gasteiger partial charge in [-0.2, -0.15) is 0 Å². The second-order valence-electron chi connectivity index (χ2n) is 3.72. The monoisotopic (exact) mass is 249 g/mol. The lowest BCUT2D eigenvalue weighted by molar-refractivity contribution is -0.0584. The summed E-state index contributed by atoms with van der Waals surface area (Å²) < 4.78 is 20.8. The fourth-order valence-electron chi connectivity index (χ4n) is 1.17. The molecule has 0 aliphatic heterocycles. The summed E-state index contributed by atoms with van der Waals surface area (Å²) >= 11 is 0. The molecule has 0 aromatic heterocycles. The van der Waals surface area contributed by atoms with Gasteiger partial charge in [0.1, 0.15) is 13.6 Å². The molecule has 17 heavy (non-hydrogen) atoms. The predicted octanol–water partition coefficient (Wildman–Crippen LogP) is 1.51.